The third-order valence-electron chi connectivity index (χ3n) is 1.98. The van der Waals surface area contributed by atoms with Crippen LogP contribution in [-0.4, -0.2) is 18.7 Å². The van der Waals surface area contributed by atoms with Crippen LogP contribution in [0.15, 0.2) is 24.8 Å². The van der Waals surface area contributed by atoms with Crippen LogP contribution in [0.1, 0.15) is 25.0 Å². The van der Waals surface area contributed by atoms with Gasteiger partial charge in [-0.25, -0.2) is 0 Å². The molecule has 0 aliphatic carbocycles. The average molecular weight is 207 g/mol. The highest BCUT2D eigenvalue weighted by molar-refractivity contribution is 5.56. The number of benzene rings is 1. The van der Waals surface area contributed by atoms with Crippen molar-refractivity contribution in [1.29, 1.82) is 0 Å². The number of likely N-dealkylation sites (N-methyl/N-ethyl adjacent to an activating group) is 1. The van der Waals surface area contributed by atoms with Gasteiger partial charge in [-0.2, -0.15) is 0 Å². The Kier molecular flexibility index (Phi) is 7.38. The van der Waals surface area contributed by atoms with Gasteiger partial charge in [-0.15, -0.1) is 0 Å². The van der Waals surface area contributed by atoms with E-state index in [4.69, 9.17) is 0 Å². The molecule has 1 aromatic carbocycles. The zero-order valence-corrected chi connectivity index (χ0v) is 9.88. The standard InChI is InChI=1S/C11H15NO.C2H6/c1-3-10-8-9(6-7-12-2)4-5-11(10)13;1-2/h3-5,8,12-13H,1,6-7H2,2H3;1-2H3. The highest BCUT2D eigenvalue weighted by Gasteiger charge is 1.98. The molecule has 2 heteroatoms. The van der Waals surface area contributed by atoms with Gasteiger partial charge < -0.3 is 10.4 Å². The Labute approximate surface area is 92.6 Å². The maximum atomic E-state index is 9.37. The highest BCUT2D eigenvalue weighted by atomic mass is 16.3. The molecule has 0 bridgehead atoms. The summed E-state index contributed by atoms with van der Waals surface area (Å²) in [6, 6.07) is 5.60. The zero-order chi connectivity index (χ0) is 11.7. The van der Waals surface area contributed by atoms with E-state index in [1.807, 2.05) is 33.0 Å². The number of aromatic hydroxyl groups is 1. The summed E-state index contributed by atoms with van der Waals surface area (Å²) in [5.74, 6) is 0.295. The monoisotopic (exact) mass is 207 g/mol. The number of rotatable bonds is 4. The topological polar surface area (TPSA) is 32.3 Å². The van der Waals surface area contributed by atoms with Gasteiger partial charge in [-0.3, -0.25) is 0 Å². The molecule has 0 amide bonds. The summed E-state index contributed by atoms with van der Waals surface area (Å²) in [5, 5.41) is 12.5. The lowest BCUT2D eigenvalue weighted by Crippen LogP contribution is -2.10. The van der Waals surface area contributed by atoms with Crippen molar-refractivity contribution < 1.29 is 5.11 Å². The second-order valence-electron chi connectivity index (χ2n) is 2.95. The third kappa shape index (κ3) is 4.66. The maximum Gasteiger partial charge on any atom is 0.122 e. The van der Waals surface area contributed by atoms with Crippen LogP contribution in [0.25, 0.3) is 6.08 Å². The summed E-state index contributed by atoms with van der Waals surface area (Å²) in [7, 11) is 1.93. The number of nitrogens with one attached hydrogen (secondary N) is 1. The summed E-state index contributed by atoms with van der Waals surface area (Å²) in [5.41, 5.74) is 2.01. The van der Waals surface area contributed by atoms with Gasteiger partial charge in [-0.1, -0.05) is 32.6 Å². The van der Waals surface area contributed by atoms with E-state index in [0.717, 1.165) is 18.5 Å². The fraction of sp³-hybridized carbons (Fsp3) is 0.385. The van der Waals surface area contributed by atoms with Gasteiger partial charge in [0.1, 0.15) is 5.75 Å². The first kappa shape index (κ1) is 13.7. The SMILES string of the molecule is C=Cc1cc(CCNC)ccc1O.CC. The van der Waals surface area contributed by atoms with Crippen LogP contribution in [0.4, 0.5) is 0 Å². The molecular weight excluding hydrogens is 186 g/mol. The minimum absolute atomic E-state index is 0.295. The predicted molar refractivity (Wildman–Crippen MR) is 67.2 cm³/mol. The molecule has 2 nitrogen and oxygen atoms in total. The molecule has 0 saturated heterocycles. The van der Waals surface area contributed by atoms with Crippen molar-refractivity contribution in [2.75, 3.05) is 13.6 Å². The van der Waals surface area contributed by atoms with E-state index in [0.29, 0.717) is 5.75 Å². The predicted octanol–water partition coefficient (Wildman–Crippen LogP) is 2.82. The first-order valence-corrected chi connectivity index (χ1v) is 5.37. The fourth-order valence-corrected chi connectivity index (χ4v) is 1.19. The van der Waals surface area contributed by atoms with Gasteiger partial charge in [0.2, 0.25) is 0 Å². The Morgan fingerprint density at radius 2 is 2.07 bits per heavy atom. The van der Waals surface area contributed by atoms with E-state index >= 15 is 0 Å². The Bertz CT molecular complexity index is 295. The van der Waals surface area contributed by atoms with Gasteiger partial charge in [-0.05, 0) is 37.7 Å². The summed E-state index contributed by atoms with van der Waals surface area (Å²) in [4.78, 5) is 0. The molecule has 0 aliphatic heterocycles. The normalized spacial score (nSPS) is 9.00. The van der Waals surface area contributed by atoms with E-state index in [-0.39, 0.29) is 0 Å². The first-order valence-electron chi connectivity index (χ1n) is 5.37. The van der Waals surface area contributed by atoms with E-state index < -0.39 is 0 Å². The quantitative estimate of drug-likeness (QED) is 0.795. The van der Waals surface area contributed by atoms with Crippen molar-refractivity contribution in [3.05, 3.63) is 35.9 Å². The Morgan fingerprint density at radius 1 is 1.40 bits per heavy atom. The minimum atomic E-state index is 0.295. The Balaban J connectivity index is 0.000000921. The summed E-state index contributed by atoms with van der Waals surface area (Å²) >= 11 is 0. The van der Waals surface area contributed by atoms with Crippen molar-refractivity contribution in [2.24, 2.45) is 0 Å². The van der Waals surface area contributed by atoms with Gasteiger partial charge in [0.25, 0.3) is 0 Å². The molecule has 84 valence electrons. The number of phenolic OH excluding ortho intramolecular Hbond substituents is 1. The number of phenols is 1. The van der Waals surface area contributed by atoms with Crippen molar-refractivity contribution in [2.45, 2.75) is 20.3 Å². The van der Waals surface area contributed by atoms with E-state index in [1.54, 1.807) is 12.1 Å². The van der Waals surface area contributed by atoms with Crippen LogP contribution in [0.2, 0.25) is 0 Å². The van der Waals surface area contributed by atoms with Crippen LogP contribution < -0.4 is 5.32 Å². The molecule has 2 N–H and O–H groups in total. The molecule has 0 spiro atoms. The molecule has 0 saturated carbocycles. The van der Waals surface area contributed by atoms with Gasteiger partial charge in [0.05, 0.1) is 0 Å². The first-order chi connectivity index (χ1) is 7.27. The molecular formula is C13H21NO. The van der Waals surface area contributed by atoms with Gasteiger partial charge >= 0.3 is 0 Å². The minimum Gasteiger partial charge on any atom is -0.507 e. The molecule has 0 heterocycles. The Morgan fingerprint density at radius 3 is 2.60 bits per heavy atom. The van der Waals surface area contributed by atoms with Crippen molar-refractivity contribution in [1.82, 2.24) is 5.32 Å². The summed E-state index contributed by atoms with van der Waals surface area (Å²) < 4.78 is 0. The fourth-order valence-electron chi connectivity index (χ4n) is 1.19. The lowest BCUT2D eigenvalue weighted by Gasteiger charge is -2.03. The molecule has 0 fully saturated rings. The maximum absolute atomic E-state index is 9.37. The number of hydrogen-bond donors (Lipinski definition) is 2. The molecule has 1 rings (SSSR count). The summed E-state index contributed by atoms with van der Waals surface area (Å²) in [6.45, 7) is 8.58. The highest BCUT2D eigenvalue weighted by Crippen LogP contribution is 2.19. The molecule has 15 heavy (non-hydrogen) atoms. The van der Waals surface area contributed by atoms with Crippen molar-refractivity contribution >= 4 is 6.08 Å². The van der Waals surface area contributed by atoms with Crippen LogP contribution in [0, 0.1) is 0 Å². The molecule has 0 aromatic heterocycles. The second-order valence-corrected chi connectivity index (χ2v) is 2.95. The van der Waals surface area contributed by atoms with Crippen molar-refractivity contribution in [3.8, 4) is 5.75 Å². The van der Waals surface area contributed by atoms with Crippen LogP contribution in [0.3, 0.4) is 0 Å². The average Bonchev–Trinajstić information content (AvgIpc) is 2.30. The van der Waals surface area contributed by atoms with E-state index in [1.165, 1.54) is 5.56 Å². The van der Waals surface area contributed by atoms with Crippen molar-refractivity contribution in [3.63, 3.8) is 0 Å². The molecule has 0 aliphatic rings. The third-order valence-corrected chi connectivity index (χ3v) is 1.98. The lowest BCUT2D eigenvalue weighted by molar-refractivity contribution is 0.474. The summed E-state index contributed by atoms with van der Waals surface area (Å²) in [6.07, 6.45) is 2.63. The smallest absolute Gasteiger partial charge is 0.122 e. The second kappa shape index (κ2) is 8.06. The zero-order valence-electron chi connectivity index (χ0n) is 9.88. The largest absolute Gasteiger partial charge is 0.507 e. The molecule has 0 unspecified atom stereocenters. The van der Waals surface area contributed by atoms with Gasteiger partial charge in [0.15, 0.2) is 0 Å². The Hall–Kier alpha value is -1.28. The lowest BCUT2D eigenvalue weighted by atomic mass is 10.1. The molecule has 1 aromatic rings. The number of hydrogen-bond acceptors (Lipinski definition) is 2. The van der Waals surface area contributed by atoms with Crippen LogP contribution in [-0.2, 0) is 6.42 Å². The molecule has 0 radical (unpaired) electrons. The van der Waals surface area contributed by atoms with Crippen LogP contribution >= 0.6 is 0 Å². The van der Waals surface area contributed by atoms with Gasteiger partial charge in [0, 0.05) is 5.56 Å². The van der Waals surface area contributed by atoms with E-state index in [2.05, 4.69) is 11.9 Å². The van der Waals surface area contributed by atoms with E-state index in [9.17, 15) is 5.11 Å². The van der Waals surface area contributed by atoms with Crippen LogP contribution in [0.5, 0.6) is 5.75 Å². The molecule has 0 atom stereocenters.